The maximum Gasteiger partial charge on any atom is 0.306 e. The summed E-state index contributed by atoms with van der Waals surface area (Å²) in [5.41, 5.74) is 0. The molecule has 0 unspecified atom stereocenters. The summed E-state index contributed by atoms with van der Waals surface area (Å²) in [6.45, 7) is -0.601. The van der Waals surface area contributed by atoms with E-state index >= 15 is 0 Å². The minimum atomic E-state index is -0.556. The number of carbonyl (C=O) groups excluding carboxylic acids is 2. The van der Waals surface area contributed by atoms with E-state index in [1.807, 2.05) is 0 Å². The molecule has 82 valence electrons. The van der Waals surface area contributed by atoms with Crippen LogP contribution in [0.1, 0.15) is 12.8 Å². The van der Waals surface area contributed by atoms with E-state index in [9.17, 15) is 9.59 Å². The van der Waals surface area contributed by atoms with Crippen molar-refractivity contribution in [3.05, 3.63) is 0 Å². The Kier molecular flexibility index (Phi) is 7.77. The van der Waals surface area contributed by atoms with Gasteiger partial charge in [0.2, 0.25) is 0 Å². The number of hydrogen-bond acceptors (Lipinski definition) is 6. The molecule has 0 aliphatic rings. The molecule has 0 atom stereocenters. The highest BCUT2D eigenvalue weighted by Crippen LogP contribution is 1.95. The maximum atomic E-state index is 10.8. The molecular weight excluding hydrogens is 192 g/mol. The second kappa shape index (κ2) is 8.46. The zero-order valence-electron chi connectivity index (χ0n) is 7.77. The van der Waals surface area contributed by atoms with Crippen molar-refractivity contribution >= 4 is 11.9 Å². The number of aliphatic hydroxyl groups excluding tert-OH is 2. The minimum absolute atomic E-state index is 0.0650. The second-order valence-corrected chi connectivity index (χ2v) is 2.39. The lowest BCUT2D eigenvalue weighted by molar-refractivity contribution is -0.151. The van der Waals surface area contributed by atoms with Crippen LogP contribution in [-0.4, -0.2) is 48.6 Å². The molecule has 0 amide bonds. The van der Waals surface area contributed by atoms with Crippen LogP contribution in [0, 0.1) is 0 Å². The predicted molar refractivity (Wildman–Crippen MR) is 45.3 cm³/mol. The molecule has 0 bridgehead atoms. The van der Waals surface area contributed by atoms with Crippen LogP contribution in [0.4, 0.5) is 0 Å². The molecule has 0 radical (unpaired) electrons. The Balaban J connectivity index is 3.41. The van der Waals surface area contributed by atoms with Crippen LogP contribution in [-0.2, 0) is 19.1 Å². The Morgan fingerprint density at radius 2 is 1.21 bits per heavy atom. The van der Waals surface area contributed by atoms with Gasteiger partial charge in [0.05, 0.1) is 26.1 Å². The van der Waals surface area contributed by atoms with E-state index < -0.39 is 11.9 Å². The third-order valence-electron chi connectivity index (χ3n) is 1.24. The molecule has 0 heterocycles. The van der Waals surface area contributed by atoms with E-state index in [2.05, 4.69) is 9.47 Å². The van der Waals surface area contributed by atoms with Gasteiger partial charge < -0.3 is 19.7 Å². The van der Waals surface area contributed by atoms with Gasteiger partial charge in [-0.15, -0.1) is 0 Å². The summed E-state index contributed by atoms with van der Waals surface area (Å²) in [5, 5.41) is 16.6. The highest BCUT2D eigenvalue weighted by atomic mass is 16.5. The zero-order chi connectivity index (χ0) is 10.8. The lowest BCUT2D eigenvalue weighted by Gasteiger charge is -2.03. The number of ether oxygens (including phenoxy) is 2. The molecule has 14 heavy (non-hydrogen) atoms. The third-order valence-corrected chi connectivity index (χ3v) is 1.24. The normalized spacial score (nSPS) is 9.57. The van der Waals surface area contributed by atoms with Gasteiger partial charge in [-0.3, -0.25) is 9.59 Å². The Morgan fingerprint density at radius 3 is 1.50 bits per heavy atom. The van der Waals surface area contributed by atoms with Gasteiger partial charge in [0, 0.05) is 0 Å². The van der Waals surface area contributed by atoms with E-state index in [0.29, 0.717) is 0 Å². The summed E-state index contributed by atoms with van der Waals surface area (Å²) in [6, 6.07) is 0. The Bertz CT molecular complexity index is 159. The van der Waals surface area contributed by atoms with Gasteiger partial charge in [0.1, 0.15) is 13.2 Å². The molecule has 2 N–H and O–H groups in total. The van der Waals surface area contributed by atoms with Gasteiger partial charge in [0.25, 0.3) is 0 Å². The van der Waals surface area contributed by atoms with Gasteiger partial charge in [-0.05, 0) is 0 Å². The molecule has 0 aromatic carbocycles. The van der Waals surface area contributed by atoms with Crippen LogP contribution in [0.2, 0.25) is 0 Å². The molecule has 0 saturated heterocycles. The van der Waals surface area contributed by atoms with Crippen molar-refractivity contribution in [2.24, 2.45) is 0 Å². The third kappa shape index (κ3) is 7.51. The molecule has 0 aromatic rings. The second-order valence-electron chi connectivity index (χ2n) is 2.39. The van der Waals surface area contributed by atoms with E-state index in [-0.39, 0.29) is 39.3 Å². The molecule has 0 rings (SSSR count). The molecule has 0 fully saturated rings. The van der Waals surface area contributed by atoms with Crippen molar-refractivity contribution in [1.29, 1.82) is 0 Å². The first-order valence-corrected chi connectivity index (χ1v) is 4.23. The standard InChI is InChI=1S/C8H14O6/c9-3-5-13-7(11)1-2-8(12)14-6-4-10/h9-10H,1-6H2. The Labute approximate surface area is 81.4 Å². The van der Waals surface area contributed by atoms with Crippen molar-refractivity contribution in [3.63, 3.8) is 0 Å². The lowest BCUT2D eigenvalue weighted by atomic mass is 10.3. The van der Waals surface area contributed by atoms with Gasteiger partial charge in [-0.1, -0.05) is 0 Å². The fourth-order valence-corrected chi connectivity index (χ4v) is 0.667. The van der Waals surface area contributed by atoms with Gasteiger partial charge in [0.15, 0.2) is 0 Å². The number of aliphatic hydroxyl groups is 2. The first-order chi connectivity index (χ1) is 6.70. The van der Waals surface area contributed by atoms with Gasteiger partial charge in [-0.25, -0.2) is 0 Å². The average molecular weight is 206 g/mol. The van der Waals surface area contributed by atoms with E-state index in [1.165, 1.54) is 0 Å². The van der Waals surface area contributed by atoms with E-state index in [1.54, 1.807) is 0 Å². The molecule has 0 aromatic heterocycles. The fraction of sp³-hybridized carbons (Fsp3) is 0.750. The van der Waals surface area contributed by atoms with E-state index in [0.717, 1.165) is 0 Å². The van der Waals surface area contributed by atoms with Crippen LogP contribution in [0.5, 0.6) is 0 Å². The van der Waals surface area contributed by atoms with E-state index in [4.69, 9.17) is 10.2 Å². The molecule has 0 spiro atoms. The summed E-state index contributed by atoms with van der Waals surface area (Å²) >= 11 is 0. The largest absolute Gasteiger partial charge is 0.463 e. The predicted octanol–water partition coefficient (Wildman–Crippen LogP) is -1.16. The molecule has 0 aliphatic carbocycles. The topological polar surface area (TPSA) is 93.1 Å². The average Bonchev–Trinajstić information content (AvgIpc) is 2.20. The van der Waals surface area contributed by atoms with Gasteiger partial charge >= 0.3 is 11.9 Å². The first kappa shape index (κ1) is 12.9. The van der Waals surface area contributed by atoms with Crippen LogP contribution < -0.4 is 0 Å². The van der Waals surface area contributed by atoms with Crippen LogP contribution in [0.15, 0.2) is 0 Å². The highest BCUT2D eigenvalue weighted by molar-refractivity contribution is 5.77. The summed E-state index contributed by atoms with van der Waals surface area (Å²) in [5.74, 6) is -1.11. The SMILES string of the molecule is O=C(CCC(=O)OCCO)OCCO. The smallest absolute Gasteiger partial charge is 0.306 e. The van der Waals surface area contributed by atoms with Gasteiger partial charge in [-0.2, -0.15) is 0 Å². The highest BCUT2D eigenvalue weighted by Gasteiger charge is 2.08. The minimum Gasteiger partial charge on any atom is -0.463 e. The summed E-state index contributed by atoms with van der Waals surface area (Å²) < 4.78 is 9.00. The van der Waals surface area contributed by atoms with Crippen molar-refractivity contribution in [1.82, 2.24) is 0 Å². The number of carbonyl (C=O) groups is 2. The summed E-state index contributed by atoms with van der Waals surface area (Å²) in [7, 11) is 0. The first-order valence-electron chi connectivity index (χ1n) is 4.23. The molecule has 6 heteroatoms. The number of esters is 2. The lowest BCUT2D eigenvalue weighted by Crippen LogP contribution is -2.13. The quantitative estimate of drug-likeness (QED) is 0.510. The van der Waals surface area contributed by atoms with Crippen LogP contribution in [0.25, 0.3) is 0 Å². The number of hydrogen-bond donors (Lipinski definition) is 2. The van der Waals surface area contributed by atoms with Crippen molar-refractivity contribution < 1.29 is 29.3 Å². The molecule has 6 nitrogen and oxygen atoms in total. The van der Waals surface area contributed by atoms with Crippen LogP contribution >= 0.6 is 0 Å². The maximum absolute atomic E-state index is 10.8. The van der Waals surface area contributed by atoms with Crippen molar-refractivity contribution in [2.45, 2.75) is 12.8 Å². The Morgan fingerprint density at radius 1 is 0.857 bits per heavy atom. The number of rotatable bonds is 7. The molecular formula is C8H14O6. The Hall–Kier alpha value is -1.14. The molecule has 0 aliphatic heterocycles. The van der Waals surface area contributed by atoms with Crippen molar-refractivity contribution in [3.8, 4) is 0 Å². The summed E-state index contributed by atoms with van der Waals surface area (Å²) in [6.07, 6.45) is -0.158. The monoisotopic (exact) mass is 206 g/mol. The molecule has 0 saturated carbocycles. The van der Waals surface area contributed by atoms with Crippen molar-refractivity contribution in [2.75, 3.05) is 26.4 Å². The zero-order valence-corrected chi connectivity index (χ0v) is 7.77. The summed E-state index contributed by atoms with van der Waals surface area (Å²) in [4.78, 5) is 21.6. The van der Waals surface area contributed by atoms with Crippen LogP contribution in [0.3, 0.4) is 0 Å². The fourth-order valence-electron chi connectivity index (χ4n) is 0.667.